The van der Waals surface area contributed by atoms with Crippen LogP contribution in [0.15, 0.2) is 18.2 Å². The van der Waals surface area contributed by atoms with E-state index in [2.05, 4.69) is 0 Å². The molecule has 0 spiro atoms. The second-order valence-electron chi connectivity index (χ2n) is 4.18. The Kier molecular flexibility index (Phi) is 4.40. The molecule has 100 valence electrons. The molecule has 0 amide bonds. The first kappa shape index (κ1) is 14.6. The normalized spacial score (nSPS) is 14.6. The van der Waals surface area contributed by atoms with Gasteiger partial charge >= 0.3 is 5.97 Å². The fourth-order valence-electron chi connectivity index (χ4n) is 2.10. The first-order chi connectivity index (χ1) is 8.37. The number of nitrogens with zero attached hydrogens (tertiary/aromatic N) is 1. The summed E-state index contributed by atoms with van der Waals surface area (Å²) in [5.74, 6) is -3.10. The van der Waals surface area contributed by atoms with Crippen molar-refractivity contribution in [2.24, 2.45) is 0 Å². The molecule has 1 N–H and O–H groups in total. The van der Waals surface area contributed by atoms with Crippen molar-refractivity contribution in [3.05, 3.63) is 35.4 Å². The second-order valence-corrected chi connectivity index (χ2v) is 4.18. The van der Waals surface area contributed by atoms with E-state index in [-0.39, 0.29) is 5.56 Å². The molecular weight excluding hydrogens is 240 g/mol. The van der Waals surface area contributed by atoms with Gasteiger partial charge in [0.05, 0.1) is 0 Å². The van der Waals surface area contributed by atoms with Crippen molar-refractivity contribution in [1.29, 1.82) is 0 Å². The monoisotopic (exact) mass is 257 g/mol. The highest BCUT2D eigenvalue weighted by Crippen LogP contribution is 2.29. The van der Waals surface area contributed by atoms with E-state index in [0.29, 0.717) is 13.1 Å². The van der Waals surface area contributed by atoms with Crippen molar-refractivity contribution >= 4 is 5.97 Å². The number of rotatable bonds is 5. The molecule has 3 nitrogen and oxygen atoms in total. The number of aliphatic carboxylic acids is 1. The Hall–Kier alpha value is -1.49. The number of carbonyl (C=O) groups is 1. The SMILES string of the molecule is CCN(CC)[C@](C)(C(=O)O)c1ccc(F)c(F)c1. The van der Waals surface area contributed by atoms with Crippen LogP contribution in [0.3, 0.4) is 0 Å². The van der Waals surface area contributed by atoms with E-state index in [0.717, 1.165) is 12.1 Å². The van der Waals surface area contributed by atoms with Gasteiger partial charge in [-0.25, -0.2) is 13.6 Å². The van der Waals surface area contributed by atoms with Gasteiger partial charge in [0.25, 0.3) is 0 Å². The molecule has 18 heavy (non-hydrogen) atoms. The predicted molar refractivity (Wildman–Crippen MR) is 64.3 cm³/mol. The van der Waals surface area contributed by atoms with Gasteiger partial charge in [0.1, 0.15) is 5.54 Å². The molecular formula is C13H17F2NO2. The lowest BCUT2D eigenvalue weighted by molar-refractivity contribution is -0.151. The van der Waals surface area contributed by atoms with E-state index in [1.807, 2.05) is 13.8 Å². The first-order valence-corrected chi connectivity index (χ1v) is 5.81. The molecule has 1 atom stereocenters. The maximum Gasteiger partial charge on any atom is 0.328 e. The predicted octanol–water partition coefficient (Wildman–Crippen LogP) is 2.61. The zero-order valence-electron chi connectivity index (χ0n) is 10.7. The molecule has 1 rings (SSSR count). The number of halogens is 2. The van der Waals surface area contributed by atoms with Crippen molar-refractivity contribution in [2.45, 2.75) is 26.3 Å². The van der Waals surface area contributed by atoms with Gasteiger partial charge in [0.15, 0.2) is 11.6 Å². The van der Waals surface area contributed by atoms with E-state index in [1.165, 1.54) is 13.0 Å². The molecule has 5 heteroatoms. The van der Waals surface area contributed by atoms with Crippen LogP contribution < -0.4 is 0 Å². The molecule has 1 aromatic rings. The van der Waals surface area contributed by atoms with Crippen LogP contribution in [0.2, 0.25) is 0 Å². The fourth-order valence-corrected chi connectivity index (χ4v) is 2.10. The van der Waals surface area contributed by atoms with Gasteiger partial charge < -0.3 is 5.11 Å². The van der Waals surface area contributed by atoms with Gasteiger partial charge in [-0.1, -0.05) is 19.9 Å². The average Bonchev–Trinajstić information content (AvgIpc) is 2.33. The molecule has 1 aromatic carbocycles. The smallest absolute Gasteiger partial charge is 0.328 e. The Balaban J connectivity index is 3.35. The lowest BCUT2D eigenvalue weighted by Crippen LogP contribution is -2.49. The Labute approximate surface area is 105 Å². The average molecular weight is 257 g/mol. The van der Waals surface area contributed by atoms with Crippen LogP contribution in [-0.4, -0.2) is 29.1 Å². The van der Waals surface area contributed by atoms with Crippen LogP contribution in [0.4, 0.5) is 8.78 Å². The van der Waals surface area contributed by atoms with Crippen molar-refractivity contribution < 1.29 is 18.7 Å². The van der Waals surface area contributed by atoms with Crippen LogP contribution >= 0.6 is 0 Å². The summed E-state index contributed by atoms with van der Waals surface area (Å²) < 4.78 is 26.2. The minimum Gasteiger partial charge on any atom is -0.480 e. The summed E-state index contributed by atoms with van der Waals surface area (Å²) in [6.45, 7) is 6.14. The minimum atomic E-state index is -1.36. The Morgan fingerprint density at radius 2 is 1.83 bits per heavy atom. The first-order valence-electron chi connectivity index (χ1n) is 5.81. The van der Waals surface area contributed by atoms with E-state index in [1.54, 1.807) is 4.90 Å². The quantitative estimate of drug-likeness (QED) is 0.881. The Morgan fingerprint density at radius 3 is 2.22 bits per heavy atom. The van der Waals surface area contributed by atoms with Crippen LogP contribution in [0.1, 0.15) is 26.3 Å². The highest BCUT2D eigenvalue weighted by molar-refractivity contribution is 5.80. The third-order valence-electron chi connectivity index (χ3n) is 3.29. The largest absolute Gasteiger partial charge is 0.480 e. The maximum atomic E-state index is 13.3. The Morgan fingerprint density at radius 1 is 1.28 bits per heavy atom. The van der Waals surface area contributed by atoms with Crippen LogP contribution in [0.5, 0.6) is 0 Å². The number of hydrogen-bond donors (Lipinski definition) is 1. The van der Waals surface area contributed by atoms with Crippen molar-refractivity contribution in [2.75, 3.05) is 13.1 Å². The van der Waals surface area contributed by atoms with Gasteiger partial charge in [-0.3, -0.25) is 4.90 Å². The number of carboxylic acid groups (broad SMARTS) is 1. The summed E-state index contributed by atoms with van der Waals surface area (Å²) >= 11 is 0. The third kappa shape index (κ3) is 2.36. The van der Waals surface area contributed by atoms with Gasteiger partial charge in [0, 0.05) is 0 Å². The summed E-state index contributed by atoms with van der Waals surface area (Å²) in [6.07, 6.45) is 0. The zero-order chi connectivity index (χ0) is 13.9. The van der Waals surface area contributed by atoms with Crippen molar-refractivity contribution in [3.8, 4) is 0 Å². The highest BCUT2D eigenvalue weighted by Gasteiger charge is 2.40. The van der Waals surface area contributed by atoms with E-state index in [4.69, 9.17) is 0 Å². The minimum absolute atomic E-state index is 0.234. The number of benzene rings is 1. The van der Waals surface area contributed by atoms with Crippen LogP contribution in [-0.2, 0) is 10.3 Å². The molecule has 0 fully saturated rings. The molecule has 0 unspecified atom stereocenters. The second kappa shape index (κ2) is 5.44. The molecule has 0 aliphatic heterocycles. The number of hydrogen-bond acceptors (Lipinski definition) is 2. The summed E-state index contributed by atoms with van der Waals surface area (Å²) in [4.78, 5) is 13.2. The van der Waals surface area contributed by atoms with Crippen LogP contribution in [0, 0.1) is 11.6 Å². The summed E-state index contributed by atoms with van der Waals surface area (Å²) in [6, 6.07) is 3.21. The highest BCUT2D eigenvalue weighted by atomic mass is 19.2. The topological polar surface area (TPSA) is 40.5 Å². The van der Waals surface area contributed by atoms with E-state index in [9.17, 15) is 18.7 Å². The number of likely N-dealkylation sites (N-methyl/N-ethyl adjacent to an activating group) is 1. The van der Waals surface area contributed by atoms with Crippen LogP contribution in [0.25, 0.3) is 0 Å². The molecule has 0 bridgehead atoms. The summed E-state index contributed by atoms with van der Waals surface area (Å²) in [5.41, 5.74) is -1.13. The number of carboxylic acids is 1. The molecule has 0 aliphatic rings. The lowest BCUT2D eigenvalue weighted by atomic mass is 9.89. The van der Waals surface area contributed by atoms with Gasteiger partial charge in [-0.2, -0.15) is 0 Å². The molecule has 0 saturated heterocycles. The lowest BCUT2D eigenvalue weighted by Gasteiger charge is -2.37. The molecule has 0 aromatic heterocycles. The van der Waals surface area contributed by atoms with Crippen molar-refractivity contribution in [1.82, 2.24) is 4.90 Å². The standard InChI is InChI=1S/C13H17F2NO2/c1-4-16(5-2)13(3,12(17)18)9-6-7-10(14)11(15)8-9/h6-8H,4-5H2,1-3H3,(H,17,18)/t13-/m0/s1. The van der Waals surface area contributed by atoms with E-state index >= 15 is 0 Å². The molecule has 0 heterocycles. The van der Waals surface area contributed by atoms with Crippen molar-refractivity contribution in [3.63, 3.8) is 0 Å². The summed E-state index contributed by atoms with van der Waals surface area (Å²) in [7, 11) is 0. The van der Waals surface area contributed by atoms with Gasteiger partial charge in [-0.15, -0.1) is 0 Å². The van der Waals surface area contributed by atoms with E-state index < -0.39 is 23.1 Å². The molecule has 0 saturated carbocycles. The molecule has 0 radical (unpaired) electrons. The Bertz CT molecular complexity index is 447. The zero-order valence-corrected chi connectivity index (χ0v) is 10.7. The van der Waals surface area contributed by atoms with Gasteiger partial charge in [0.2, 0.25) is 0 Å². The third-order valence-corrected chi connectivity index (χ3v) is 3.29. The summed E-state index contributed by atoms with van der Waals surface area (Å²) in [5, 5.41) is 9.42. The molecule has 0 aliphatic carbocycles. The van der Waals surface area contributed by atoms with Gasteiger partial charge in [-0.05, 0) is 37.7 Å². The maximum absolute atomic E-state index is 13.3. The fraction of sp³-hybridized carbons (Fsp3) is 0.462.